The molecule has 0 aromatic rings. The fourth-order valence-corrected chi connectivity index (χ4v) is 3.92. The summed E-state index contributed by atoms with van der Waals surface area (Å²) in [4.78, 5) is 21.5. The zero-order valence-electron chi connectivity index (χ0n) is 19.2. The van der Waals surface area contributed by atoms with Gasteiger partial charge in [0.15, 0.2) is 5.96 Å². The Kier molecular flexibility index (Phi) is 9.02. The van der Waals surface area contributed by atoms with Gasteiger partial charge in [-0.1, -0.05) is 0 Å². The fraction of sp³-hybridized carbons (Fsp3) is 0.905. The molecule has 0 radical (unpaired) electrons. The lowest BCUT2D eigenvalue weighted by Crippen LogP contribution is -2.46. The molecule has 8 nitrogen and oxygen atoms in total. The number of rotatable bonds is 6. The fourth-order valence-electron chi connectivity index (χ4n) is 3.92. The quantitative estimate of drug-likeness (QED) is 0.396. The maximum Gasteiger partial charge on any atom is 0.407 e. The molecule has 0 aliphatic carbocycles. The summed E-state index contributed by atoms with van der Waals surface area (Å²) in [6.07, 6.45) is 2.19. The molecule has 2 aliphatic heterocycles. The van der Waals surface area contributed by atoms with Crippen LogP contribution in [0.2, 0.25) is 0 Å². The van der Waals surface area contributed by atoms with Gasteiger partial charge >= 0.3 is 6.09 Å². The van der Waals surface area contributed by atoms with Crippen LogP contribution in [0.5, 0.6) is 0 Å². The van der Waals surface area contributed by atoms with Crippen LogP contribution in [-0.2, 0) is 9.47 Å². The molecule has 3 atom stereocenters. The van der Waals surface area contributed by atoms with Crippen LogP contribution in [0.15, 0.2) is 4.99 Å². The van der Waals surface area contributed by atoms with Crippen LogP contribution in [-0.4, -0.2) is 91.5 Å². The number of aliphatic imine (C=N–C) groups is 1. The SMILES string of the molecule is CCNC(=NCCCN1CC(C)OC(C)C1)N1CCC(NC(=O)OC(C)(C)C)C1. The summed E-state index contributed by atoms with van der Waals surface area (Å²) in [6, 6.07) is 0.0880. The largest absolute Gasteiger partial charge is 0.444 e. The van der Waals surface area contributed by atoms with Crippen molar-refractivity contribution in [3.05, 3.63) is 0 Å². The van der Waals surface area contributed by atoms with Gasteiger partial charge in [0.1, 0.15) is 5.60 Å². The van der Waals surface area contributed by atoms with E-state index in [2.05, 4.69) is 41.2 Å². The average molecular weight is 412 g/mol. The summed E-state index contributed by atoms with van der Waals surface area (Å²) in [6.45, 7) is 18.3. The number of nitrogens with zero attached hydrogens (tertiary/aromatic N) is 3. The van der Waals surface area contributed by atoms with E-state index in [4.69, 9.17) is 14.5 Å². The lowest BCUT2D eigenvalue weighted by atomic mass is 10.2. The van der Waals surface area contributed by atoms with Crippen LogP contribution in [0, 0.1) is 0 Å². The van der Waals surface area contributed by atoms with Gasteiger partial charge in [0.2, 0.25) is 0 Å². The first-order chi connectivity index (χ1) is 13.7. The highest BCUT2D eigenvalue weighted by molar-refractivity contribution is 5.80. The monoisotopic (exact) mass is 411 g/mol. The van der Waals surface area contributed by atoms with E-state index in [1.54, 1.807) is 0 Å². The van der Waals surface area contributed by atoms with Crippen LogP contribution in [0.4, 0.5) is 4.79 Å². The molecule has 8 heteroatoms. The van der Waals surface area contributed by atoms with Gasteiger partial charge in [-0.3, -0.25) is 9.89 Å². The summed E-state index contributed by atoms with van der Waals surface area (Å²) in [5, 5.41) is 6.36. The first kappa shape index (κ1) is 23.7. The first-order valence-corrected chi connectivity index (χ1v) is 11.1. The molecule has 29 heavy (non-hydrogen) atoms. The number of ether oxygens (including phenoxy) is 2. The number of hydrogen-bond acceptors (Lipinski definition) is 5. The predicted octanol–water partition coefficient (Wildman–Crippen LogP) is 2.05. The summed E-state index contributed by atoms with van der Waals surface area (Å²) in [5.74, 6) is 0.935. The van der Waals surface area contributed by atoms with Gasteiger partial charge in [0, 0.05) is 45.8 Å². The summed E-state index contributed by atoms with van der Waals surface area (Å²) in [5.41, 5.74) is -0.477. The predicted molar refractivity (Wildman–Crippen MR) is 116 cm³/mol. The van der Waals surface area contributed by atoms with Crippen molar-refractivity contribution in [3.8, 4) is 0 Å². The highest BCUT2D eigenvalue weighted by Gasteiger charge is 2.28. The molecule has 0 aromatic heterocycles. The first-order valence-electron chi connectivity index (χ1n) is 11.1. The number of likely N-dealkylation sites (tertiary alicyclic amines) is 1. The van der Waals surface area contributed by atoms with Gasteiger partial charge in [-0.25, -0.2) is 4.79 Å². The van der Waals surface area contributed by atoms with E-state index < -0.39 is 5.60 Å². The molecule has 1 amide bonds. The second kappa shape index (κ2) is 11.0. The molecule has 2 heterocycles. The summed E-state index contributed by atoms with van der Waals surface area (Å²) < 4.78 is 11.2. The van der Waals surface area contributed by atoms with Crippen LogP contribution in [0.3, 0.4) is 0 Å². The van der Waals surface area contributed by atoms with Crippen LogP contribution < -0.4 is 10.6 Å². The Labute approximate surface area is 176 Å². The molecule has 2 fully saturated rings. The van der Waals surface area contributed by atoms with Crippen molar-refractivity contribution in [3.63, 3.8) is 0 Å². The molecular weight excluding hydrogens is 370 g/mol. The van der Waals surface area contributed by atoms with Crippen molar-refractivity contribution in [1.82, 2.24) is 20.4 Å². The standard InChI is InChI=1S/C21H41N5O3/c1-7-22-19(23-10-8-11-25-13-16(2)28-17(3)14-25)26-12-9-18(15-26)24-20(27)29-21(4,5)6/h16-18H,7-15H2,1-6H3,(H,22,23)(H,24,27). The highest BCUT2D eigenvalue weighted by atomic mass is 16.6. The van der Waals surface area contributed by atoms with Crippen LogP contribution in [0.25, 0.3) is 0 Å². The molecule has 168 valence electrons. The third-order valence-electron chi connectivity index (χ3n) is 4.93. The van der Waals surface area contributed by atoms with Gasteiger partial charge in [-0.15, -0.1) is 0 Å². The Bertz CT molecular complexity index is 539. The highest BCUT2D eigenvalue weighted by Crippen LogP contribution is 2.13. The van der Waals surface area contributed by atoms with Gasteiger partial charge in [-0.05, 0) is 54.4 Å². The molecule has 2 aliphatic rings. The van der Waals surface area contributed by atoms with Crippen LogP contribution in [0.1, 0.15) is 54.4 Å². The minimum absolute atomic E-state index is 0.0880. The van der Waals surface area contributed by atoms with Crippen molar-refractivity contribution in [2.24, 2.45) is 4.99 Å². The van der Waals surface area contributed by atoms with Crippen LogP contribution >= 0.6 is 0 Å². The summed E-state index contributed by atoms with van der Waals surface area (Å²) in [7, 11) is 0. The topological polar surface area (TPSA) is 78.4 Å². The number of amides is 1. The molecule has 0 spiro atoms. The maximum absolute atomic E-state index is 12.0. The van der Waals surface area contributed by atoms with Crippen molar-refractivity contribution < 1.29 is 14.3 Å². The van der Waals surface area contributed by atoms with Crippen molar-refractivity contribution >= 4 is 12.1 Å². The van der Waals surface area contributed by atoms with Gasteiger partial charge in [0.25, 0.3) is 0 Å². The van der Waals surface area contributed by atoms with E-state index >= 15 is 0 Å². The van der Waals surface area contributed by atoms with E-state index in [0.29, 0.717) is 12.2 Å². The van der Waals surface area contributed by atoms with Crippen molar-refractivity contribution in [2.45, 2.75) is 78.2 Å². The molecule has 0 saturated carbocycles. The Morgan fingerprint density at radius 2 is 1.90 bits per heavy atom. The average Bonchev–Trinajstić information content (AvgIpc) is 3.03. The summed E-state index contributed by atoms with van der Waals surface area (Å²) >= 11 is 0. The molecule has 3 unspecified atom stereocenters. The van der Waals surface area contributed by atoms with E-state index in [-0.39, 0.29) is 12.1 Å². The lowest BCUT2D eigenvalue weighted by molar-refractivity contribution is -0.0679. The normalized spacial score (nSPS) is 26.5. The minimum atomic E-state index is -0.477. The zero-order valence-corrected chi connectivity index (χ0v) is 19.2. The molecule has 2 saturated heterocycles. The Morgan fingerprint density at radius 3 is 2.52 bits per heavy atom. The van der Waals surface area contributed by atoms with Gasteiger partial charge in [-0.2, -0.15) is 0 Å². The molecule has 2 rings (SSSR count). The van der Waals surface area contributed by atoms with Crippen molar-refractivity contribution in [2.75, 3.05) is 45.8 Å². The third-order valence-corrected chi connectivity index (χ3v) is 4.93. The molecule has 0 bridgehead atoms. The third kappa shape index (κ3) is 8.78. The number of hydrogen-bond donors (Lipinski definition) is 2. The Morgan fingerprint density at radius 1 is 1.21 bits per heavy atom. The number of carbonyl (C=O) groups is 1. The van der Waals surface area contributed by atoms with E-state index in [1.165, 1.54) is 0 Å². The maximum atomic E-state index is 12.0. The van der Waals surface area contributed by atoms with E-state index in [0.717, 1.165) is 64.6 Å². The number of carbonyl (C=O) groups excluding carboxylic acids is 1. The Hall–Kier alpha value is -1.54. The lowest BCUT2D eigenvalue weighted by Gasteiger charge is -2.35. The number of nitrogens with one attached hydrogen (secondary N) is 2. The second-order valence-corrected chi connectivity index (χ2v) is 9.18. The number of alkyl carbamates (subject to hydrolysis) is 1. The van der Waals surface area contributed by atoms with Crippen molar-refractivity contribution in [1.29, 1.82) is 0 Å². The van der Waals surface area contributed by atoms with E-state index in [9.17, 15) is 4.79 Å². The number of guanidine groups is 1. The minimum Gasteiger partial charge on any atom is -0.444 e. The molecular formula is C21H41N5O3. The smallest absolute Gasteiger partial charge is 0.407 e. The Balaban J connectivity index is 1.77. The van der Waals surface area contributed by atoms with Gasteiger partial charge in [0.05, 0.1) is 18.2 Å². The number of morpholine rings is 1. The zero-order chi connectivity index (χ0) is 21.4. The molecule has 0 aromatic carbocycles. The molecule has 2 N–H and O–H groups in total. The second-order valence-electron chi connectivity index (χ2n) is 9.18. The van der Waals surface area contributed by atoms with Gasteiger partial charge < -0.3 is 25.0 Å². The van der Waals surface area contributed by atoms with E-state index in [1.807, 2.05) is 20.8 Å².